The van der Waals surface area contributed by atoms with E-state index in [1.807, 2.05) is 0 Å². The highest BCUT2D eigenvalue weighted by molar-refractivity contribution is 6.13. The molecule has 0 N–H and O–H groups in total. The molecular formula is C59H37N5. The number of rotatable bonds is 5. The fraction of sp³-hybridized carbons (Fsp3) is 0. The number of para-hydroxylation sites is 8. The molecule has 5 aromatic heterocycles. The summed E-state index contributed by atoms with van der Waals surface area (Å²) < 4.78 is 9.58. The van der Waals surface area contributed by atoms with Crippen molar-refractivity contribution >= 4 is 87.2 Å². The molecule has 0 bridgehead atoms. The second kappa shape index (κ2) is 13.4. The van der Waals surface area contributed by atoms with E-state index in [4.69, 9.17) is 4.98 Å². The first-order valence-electron chi connectivity index (χ1n) is 21.9. The second-order valence-corrected chi connectivity index (χ2v) is 16.8. The van der Waals surface area contributed by atoms with Gasteiger partial charge in [-0.2, -0.15) is 0 Å². The molecule has 0 fully saturated rings. The Kier molecular flexibility index (Phi) is 7.33. The van der Waals surface area contributed by atoms with Gasteiger partial charge in [0.05, 0.1) is 49.8 Å². The highest BCUT2D eigenvalue weighted by Gasteiger charge is 2.22. The molecule has 14 aromatic rings. The molecule has 5 heteroatoms. The molecule has 0 saturated carbocycles. The van der Waals surface area contributed by atoms with Crippen LogP contribution in [-0.2, 0) is 0 Å². The summed E-state index contributed by atoms with van der Waals surface area (Å²) in [5, 5.41) is 9.70. The SMILES string of the molecule is c1ccc2c(c1)c1ccccc1n2-c1ccc(-n2c3ccccc3c3ccccc32)c(-c2cc(-n3c4ccccc4c4ccccc43)nc(-n3c4ccccc4c4ccccc43)c2)c1. The number of hydrogen-bond donors (Lipinski definition) is 0. The third-order valence-electron chi connectivity index (χ3n) is 13.4. The van der Waals surface area contributed by atoms with Crippen molar-refractivity contribution in [3.05, 3.63) is 224 Å². The maximum absolute atomic E-state index is 5.70. The Morgan fingerprint density at radius 2 is 0.531 bits per heavy atom. The van der Waals surface area contributed by atoms with Gasteiger partial charge in [-0.3, -0.25) is 9.13 Å². The number of nitrogens with zero attached hydrogens (tertiary/aromatic N) is 5. The van der Waals surface area contributed by atoms with Gasteiger partial charge in [0.25, 0.3) is 0 Å². The van der Waals surface area contributed by atoms with Gasteiger partial charge < -0.3 is 9.13 Å². The van der Waals surface area contributed by atoms with Crippen molar-refractivity contribution in [3.63, 3.8) is 0 Å². The summed E-state index contributed by atoms with van der Waals surface area (Å²) in [6.07, 6.45) is 0. The van der Waals surface area contributed by atoms with E-state index in [0.29, 0.717) is 0 Å². The summed E-state index contributed by atoms with van der Waals surface area (Å²) in [7, 11) is 0. The molecule has 0 aliphatic heterocycles. The minimum atomic E-state index is 0.849. The van der Waals surface area contributed by atoms with E-state index >= 15 is 0 Å². The van der Waals surface area contributed by atoms with Gasteiger partial charge in [0.2, 0.25) is 0 Å². The van der Waals surface area contributed by atoms with E-state index < -0.39 is 0 Å². The number of hydrogen-bond acceptors (Lipinski definition) is 1. The van der Waals surface area contributed by atoms with Crippen molar-refractivity contribution in [2.45, 2.75) is 0 Å². The van der Waals surface area contributed by atoms with E-state index in [1.54, 1.807) is 0 Å². The lowest BCUT2D eigenvalue weighted by Crippen LogP contribution is -2.06. The molecule has 5 heterocycles. The lowest BCUT2D eigenvalue weighted by atomic mass is 10.0. The standard InChI is InChI=1S/C59H37N5/c1-9-25-49-40(17-1)41-18-2-10-26-50(41)61(49)39-33-34-57(62-51-27-11-3-19-42(51)43-20-4-12-28-52(43)62)48(37-39)38-35-58(63-53-29-13-5-21-44(53)45-22-6-14-30-54(45)63)60-59(36-38)64-55-31-15-7-23-46(55)47-24-8-16-32-56(47)64/h1-37H. The highest BCUT2D eigenvalue weighted by Crippen LogP contribution is 2.42. The van der Waals surface area contributed by atoms with Crippen LogP contribution in [0.15, 0.2) is 224 Å². The molecule has 0 aliphatic rings. The first kappa shape index (κ1) is 35.0. The Morgan fingerprint density at radius 1 is 0.250 bits per heavy atom. The summed E-state index contributed by atoms with van der Waals surface area (Å²) in [5.74, 6) is 1.70. The predicted octanol–water partition coefficient (Wildman–Crippen LogP) is 15.1. The van der Waals surface area contributed by atoms with Gasteiger partial charge in [-0.05, 0) is 84.4 Å². The minimum Gasteiger partial charge on any atom is -0.309 e. The molecule has 0 spiro atoms. The zero-order chi connectivity index (χ0) is 41.9. The van der Waals surface area contributed by atoms with E-state index in [9.17, 15) is 0 Å². The third-order valence-corrected chi connectivity index (χ3v) is 13.4. The van der Waals surface area contributed by atoms with Crippen molar-refractivity contribution in [3.8, 4) is 34.1 Å². The normalized spacial score (nSPS) is 12.1. The van der Waals surface area contributed by atoms with Crippen LogP contribution in [0.4, 0.5) is 0 Å². The van der Waals surface area contributed by atoms with Crippen molar-refractivity contribution in [2.24, 2.45) is 0 Å². The van der Waals surface area contributed by atoms with Gasteiger partial charge in [-0.15, -0.1) is 0 Å². The number of aromatic nitrogens is 5. The van der Waals surface area contributed by atoms with Crippen molar-refractivity contribution in [1.82, 2.24) is 23.3 Å². The van der Waals surface area contributed by atoms with Crippen molar-refractivity contribution in [1.29, 1.82) is 0 Å². The Morgan fingerprint density at radius 3 is 0.859 bits per heavy atom. The maximum atomic E-state index is 5.70. The number of benzene rings is 9. The van der Waals surface area contributed by atoms with Gasteiger partial charge in [0, 0.05) is 54.3 Å². The van der Waals surface area contributed by atoms with Gasteiger partial charge in [-0.1, -0.05) is 146 Å². The molecule has 64 heavy (non-hydrogen) atoms. The average Bonchev–Trinajstić information content (AvgIpc) is 4.09. The highest BCUT2D eigenvalue weighted by atomic mass is 15.1. The molecule has 0 unspecified atom stereocenters. The van der Waals surface area contributed by atoms with Crippen LogP contribution in [0.25, 0.3) is 121 Å². The van der Waals surface area contributed by atoms with Crippen LogP contribution in [0.5, 0.6) is 0 Å². The predicted molar refractivity (Wildman–Crippen MR) is 267 cm³/mol. The van der Waals surface area contributed by atoms with Crippen LogP contribution in [0, 0.1) is 0 Å². The maximum Gasteiger partial charge on any atom is 0.140 e. The van der Waals surface area contributed by atoms with Crippen molar-refractivity contribution in [2.75, 3.05) is 0 Å². The second-order valence-electron chi connectivity index (χ2n) is 16.8. The lowest BCUT2D eigenvalue weighted by molar-refractivity contribution is 1.01. The summed E-state index contributed by atoms with van der Waals surface area (Å²) >= 11 is 0. The Labute approximate surface area is 367 Å². The Hall–Kier alpha value is -8.67. The summed E-state index contributed by atoms with van der Waals surface area (Å²) in [4.78, 5) is 5.70. The molecular weight excluding hydrogens is 779 g/mol. The summed E-state index contributed by atoms with van der Waals surface area (Å²) in [5.41, 5.74) is 13.5. The first-order valence-corrected chi connectivity index (χ1v) is 21.9. The summed E-state index contributed by atoms with van der Waals surface area (Å²) in [6.45, 7) is 0. The van der Waals surface area contributed by atoms with Gasteiger partial charge in [0.1, 0.15) is 11.6 Å². The van der Waals surface area contributed by atoms with Crippen LogP contribution < -0.4 is 0 Å². The molecule has 0 saturated heterocycles. The van der Waals surface area contributed by atoms with E-state index in [1.165, 1.54) is 54.1 Å². The number of fused-ring (bicyclic) bond motifs is 12. The van der Waals surface area contributed by atoms with E-state index in [2.05, 4.69) is 243 Å². The van der Waals surface area contributed by atoms with Crippen LogP contribution in [0.2, 0.25) is 0 Å². The monoisotopic (exact) mass is 815 g/mol. The molecule has 0 atom stereocenters. The topological polar surface area (TPSA) is 32.6 Å². The van der Waals surface area contributed by atoms with Crippen LogP contribution >= 0.6 is 0 Å². The first-order chi connectivity index (χ1) is 31.8. The lowest BCUT2D eigenvalue weighted by Gasteiger charge is -2.19. The molecule has 5 nitrogen and oxygen atoms in total. The van der Waals surface area contributed by atoms with Crippen LogP contribution in [0.1, 0.15) is 0 Å². The Balaban J connectivity index is 1.15. The van der Waals surface area contributed by atoms with Crippen LogP contribution in [-0.4, -0.2) is 23.3 Å². The van der Waals surface area contributed by atoms with Crippen molar-refractivity contribution < 1.29 is 0 Å². The zero-order valence-corrected chi connectivity index (χ0v) is 34.6. The van der Waals surface area contributed by atoms with E-state index in [0.717, 1.165) is 67.2 Å². The molecule has 0 amide bonds. The molecule has 9 aromatic carbocycles. The summed E-state index contributed by atoms with van der Waals surface area (Å²) in [6, 6.07) is 81.5. The zero-order valence-electron chi connectivity index (χ0n) is 34.6. The average molecular weight is 816 g/mol. The van der Waals surface area contributed by atoms with Gasteiger partial charge >= 0.3 is 0 Å². The molecule has 298 valence electrons. The van der Waals surface area contributed by atoms with Gasteiger partial charge in [-0.25, -0.2) is 4.98 Å². The number of pyridine rings is 1. The van der Waals surface area contributed by atoms with Crippen LogP contribution in [0.3, 0.4) is 0 Å². The quantitative estimate of drug-likeness (QED) is 0.170. The largest absolute Gasteiger partial charge is 0.309 e. The third kappa shape index (κ3) is 4.92. The molecule has 0 aliphatic carbocycles. The fourth-order valence-corrected chi connectivity index (χ4v) is 10.7. The smallest absolute Gasteiger partial charge is 0.140 e. The Bertz CT molecular complexity index is 3870. The van der Waals surface area contributed by atoms with E-state index in [-0.39, 0.29) is 0 Å². The molecule has 14 rings (SSSR count). The molecule has 0 radical (unpaired) electrons. The fourth-order valence-electron chi connectivity index (χ4n) is 10.7. The minimum absolute atomic E-state index is 0.849. The van der Waals surface area contributed by atoms with Gasteiger partial charge in [0.15, 0.2) is 0 Å².